The van der Waals surface area contributed by atoms with Crippen molar-refractivity contribution in [3.05, 3.63) is 84.0 Å². The van der Waals surface area contributed by atoms with E-state index in [1.54, 1.807) is 18.3 Å². The number of nitrogens with one attached hydrogen (secondary N) is 1. The van der Waals surface area contributed by atoms with E-state index in [2.05, 4.69) is 9.71 Å². The first kappa shape index (κ1) is 19.0. The van der Waals surface area contributed by atoms with Crippen molar-refractivity contribution in [3.8, 4) is 28.5 Å². The molecule has 6 nitrogen and oxygen atoms in total. The second kappa shape index (κ2) is 7.62. The van der Waals surface area contributed by atoms with E-state index >= 15 is 0 Å². The number of hydrogen-bond acceptors (Lipinski definition) is 5. The molecule has 4 aromatic rings. The second-order valence-electron chi connectivity index (χ2n) is 6.19. The highest BCUT2D eigenvalue weighted by atomic mass is 35.5. The third kappa shape index (κ3) is 4.11. The number of anilines is 1. The van der Waals surface area contributed by atoms with Gasteiger partial charge >= 0.3 is 0 Å². The molecule has 0 fully saturated rings. The summed E-state index contributed by atoms with van der Waals surface area (Å²) in [6.07, 6.45) is 1.62. The lowest BCUT2D eigenvalue weighted by atomic mass is 10.2. The van der Waals surface area contributed by atoms with Crippen molar-refractivity contribution in [2.24, 2.45) is 0 Å². The van der Waals surface area contributed by atoms with Gasteiger partial charge in [0.1, 0.15) is 5.75 Å². The van der Waals surface area contributed by atoms with E-state index in [1.165, 1.54) is 30.3 Å². The van der Waals surface area contributed by atoms with Gasteiger partial charge < -0.3 is 9.52 Å². The number of benzene rings is 3. The molecule has 0 aliphatic carbocycles. The summed E-state index contributed by atoms with van der Waals surface area (Å²) < 4.78 is 33.3. The molecule has 1 heterocycles. The molecular weight excluding hydrogens is 412 g/mol. The number of aromatic hydroxyl groups is 1. The van der Waals surface area contributed by atoms with Gasteiger partial charge in [-0.1, -0.05) is 41.9 Å². The number of phenolic OH excluding ortho intramolecular Hbond substituents is 1. The minimum Gasteiger partial charge on any atom is -0.506 e. The zero-order valence-electron chi connectivity index (χ0n) is 14.9. The van der Waals surface area contributed by atoms with Gasteiger partial charge in [0.15, 0.2) is 5.76 Å². The quantitative estimate of drug-likeness (QED) is 0.429. The van der Waals surface area contributed by atoms with Crippen LogP contribution in [-0.4, -0.2) is 18.5 Å². The molecule has 2 N–H and O–H groups in total. The summed E-state index contributed by atoms with van der Waals surface area (Å²) in [7, 11) is -3.91. The molecule has 0 bridgehead atoms. The maximum atomic E-state index is 12.6. The van der Waals surface area contributed by atoms with Crippen molar-refractivity contribution < 1.29 is 17.9 Å². The van der Waals surface area contributed by atoms with E-state index in [-0.39, 0.29) is 16.3 Å². The fourth-order valence-corrected chi connectivity index (χ4v) is 3.95. The Labute approximate surface area is 172 Å². The topological polar surface area (TPSA) is 92.4 Å². The monoisotopic (exact) mass is 426 g/mol. The minimum absolute atomic E-state index is 0.00165. The summed E-state index contributed by atoms with van der Waals surface area (Å²) in [5, 5.41) is 10.1. The van der Waals surface area contributed by atoms with Crippen LogP contribution in [0.5, 0.6) is 5.75 Å². The normalized spacial score (nSPS) is 11.3. The van der Waals surface area contributed by atoms with Crippen LogP contribution >= 0.6 is 11.6 Å². The van der Waals surface area contributed by atoms with Crippen LogP contribution in [0.15, 0.2) is 88.3 Å². The first-order valence-corrected chi connectivity index (χ1v) is 10.4. The number of halogens is 1. The highest BCUT2D eigenvalue weighted by molar-refractivity contribution is 7.92. The van der Waals surface area contributed by atoms with Gasteiger partial charge in [0.2, 0.25) is 5.89 Å². The molecule has 4 rings (SSSR count). The summed E-state index contributed by atoms with van der Waals surface area (Å²) in [4.78, 5) is 4.29. The van der Waals surface area contributed by atoms with Crippen LogP contribution in [0.2, 0.25) is 5.02 Å². The third-order valence-corrected chi connectivity index (χ3v) is 5.79. The molecule has 0 spiro atoms. The van der Waals surface area contributed by atoms with Gasteiger partial charge in [-0.3, -0.25) is 4.72 Å². The lowest BCUT2D eigenvalue weighted by Crippen LogP contribution is -2.13. The fraction of sp³-hybridized carbons (Fsp3) is 0. The second-order valence-corrected chi connectivity index (χ2v) is 8.31. The molecule has 0 unspecified atom stereocenters. The number of sulfonamides is 1. The lowest BCUT2D eigenvalue weighted by molar-refractivity contribution is 0.477. The highest BCUT2D eigenvalue weighted by Gasteiger charge is 2.17. The third-order valence-electron chi connectivity index (χ3n) is 4.18. The molecule has 0 aliphatic heterocycles. The Morgan fingerprint density at radius 3 is 2.38 bits per heavy atom. The van der Waals surface area contributed by atoms with Gasteiger partial charge in [0, 0.05) is 16.1 Å². The van der Waals surface area contributed by atoms with Crippen LogP contribution in [0.1, 0.15) is 0 Å². The number of rotatable bonds is 5. The summed E-state index contributed by atoms with van der Waals surface area (Å²) in [6.45, 7) is 0. The van der Waals surface area contributed by atoms with Crippen molar-refractivity contribution in [3.63, 3.8) is 0 Å². The zero-order valence-corrected chi connectivity index (χ0v) is 16.5. The molecule has 3 aromatic carbocycles. The van der Waals surface area contributed by atoms with Gasteiger partial charge in [-0.05, 0) is 42.5 Å². The SMILES string of the molecule is O=S(=O)(Nc1cc(Cl)ccc1O)c1ccc(-c2ncc(-c3ccccc3)o2)cc1. The molecular formula is C21H15ClN2O4S. The maximum Gasteiger partial charge on any atom is 0.262 e. The molecule has 0 aliphatic rings. The molecule has 29 heavy (non-hydrogen) atoms. The number of oxazole rings is 1. The van der Waals surface area contributed by atoms with Gasteiger partial charge in [-0.25, -0.2) is 13.4 Å². The summed E-state index contributed by atoms with van der Waals surface area (Å²) >= 11 is 5.86. The van der Waals surface area contributed by atoms with Crippen LogP contribution in [0.25, 0.3) is 22.8 Å². The Bertz CT molecular complexity index is 1250. The van der Waals surface area contributed by atoms with Gasteiger partial charge in [0.05, 0.1) is 16.8 Å². The van der Waals surface area contributed by atoms with Crippen molar-refractivity contribution >= 4 is 27.3 Å². The van der Waals surface area contributed by atoms with Crippen LogP contribution in [0, 0.1) is 0 Å². The Kier molecular flexibility index (Phi) is 5.00. The van der Waals surface area contributed by atoms with E-state index in [9.17, 15) is 13.5 Å². The van der Waals surface area contributed by atoms with E-state index in [1.807, 2.05) is 30.3 Å². The van der Waals surface area contributed by atoms with Crippen LogP contribution < -0.4 is 4.72 Å². The number of hydrogen-bond donors (Lipinski definition) is 2. The molecule has 146 valence electrons. The van der Waals surface area contributed by atoms with Crippen LogP contribution in [0.3, 0.4) is 0 Å². The predicted octanol–water partition coefficient (Wildman–Crippen LogP) is 5.17. The van der Waals surface area contributed by atoms with E-state index in [0.717, 1.165) is 5.56 Å². The maximum absolute atomic E-state index is 12.6. The minimum atomic E-state index is -3.91. The number of phenols is 1. The summed E-state index contributed by atoms with van der Waals surface area (Å²) in [6, 6.07) is 19.7. The van der Waals surface area contributed by atoms with Gasteiger partial charge in [-0.2, -0.15) is 0 Å². The number of nitrogens with zero attached hydrogens (tertiary/aromatic N) is 1. The Balaban J connectivity index is 1.58. The Morgan fingerprint density at radius 2 is 1.66 bits per heavy atom. The first-order valence-electron chi connectivity index (χ1n) is 8.55. The van der Waals surface area contributed by atoms with Crippen molar-refractivity contribution in [1.29, 1.82) is 0 Å². The Morgan fingerprint density at radius 1 is 0.931 bits per heavy atom. The molecule has 1 aromatic heterocycles. The van der Waals surface area contributed by atoms with Crippen LogP contribution in [-0.2, 0) is 10.0 Å². The smallest absolute Gasteiger partial charge is 0.262 e. The van der Waals surface area contributed by atoms with Crippen LogP contribution in [0.4, 0.5) is 5.69 Å². The average Bonchev–Trinajstić information content (AvgIpc) is 3.22. The van der Waals surface area contributed by atoms with Gasteiger partial charge in [0.25, 0.3) is 10.0 Å². The highest BCUT2D eigenvalue weighted by Crippen LogP contribution is 2.30. The van der Waals surface area contributed by atoms with Crippen molar-refractivity contribution in [2.75, 3.05) is 4.72 Å². The number of aromatic nitrogens is 1. The molecule has 0 saturated heterocycles. The van der Waals surface area contributed by atoms with E-state index in [4.69, 9.17) is 16.0 Å². The molecule has 0 saturated carbocycles. The fourth-order valence-electron chi connectivity index (χ4n) is 2.71. The average molecular weight is 427 g/mol. The van der Waals surface area contributed by atoms with Crippen molar-refractivity contribution in [1.82, 2.24) is 4.98 Å². The largest absolute Gasteiger partial charge is 0.506 e. The zero-order chi connectivity index (χ0) is 20.4. The predicted molar refractivity (Wildman–Crippen MR) is 111 cm³/mol. The molecule has 0 radical (unpaired) electrons. The summed E-state index contributed by atoms with van der Waals surface area (Å²) in [5.41, 5.74) is 1.54. The first-order chi connectivity index (χ1) is 13.9. The van der Waals surface area contributed by atoms with E-state index < -0.39 is 10.0 Å². The lowest BCUT2D eigenvalue weighted by Gasteiger charge is -2.10. The molecule has 8 heteroatoms. The standard InChI is InChI=1S/C21H15ClN2O4S/c22-16-8-11-19(25)18(12-16)24-29(26,27)17-9-6-15(7-10-17)21-23-13-20(28-21)14-4-2-1-3-5-14/h1-13,24-25H. The van der Waals surface area contributed by atoms with E-state index in [0.29, 0.717) is 22.2 Å². The van der Waals surface area contributed by atoms with Crippen molar-refractivity contribution in [2.45, 2.75) is 4.90 Å². The Hall–Kier alpha value is -3.29. The summed E-state index contributed by atoms with van der Waals surface area (Å²) in [5.74, 6) is 0.784. The van der Waals surface area contributed by atoms with Gasteiger partial charge in [-0.15, -0.1) is 0 Å². The molecule has 0 amide bonds. The molecule has 0 atom stereocenters.